The van der Waals surface area contributed by atoms with Crippen molar-refractivity contribution in [1.29, 1.82) is 5.26 Å². The topological polar surface area (TPSA) is 23.8 Å². The van der Waals surface area contributed by atoms with Gasteiger partial charge in [0, 0.05) is 0 Å². The molecule has 0 spiro atoms. The largest absolute Gasteiger partial charge is 0.192 e. The van der Waals surface area contributed by atoms with Crippen molar-refractivity contribution in [3.8, 4) is 6.07 Å². The molecule has 28 heavy (non-hydrogen) atoms. The number of rotatable bonds is 7. The van der Waals surface area contributed by atoms with E-state index in [9.17, 15) is 0 Å². The van der Waals surface area contributed by atoms with Crippen molar-refractivity contribution in [3.05, 3.63) is 81.6 Å². The molecule has 3 rings (SSSR count). The quantitative estimate of drug-likeness (QED) is 0.501. The van der Waals surface area contributed by atoms with Crippen molar-refractivity contribution < 1.29 is 0 Å². The third-order valence-corrected chi connectivity index (χ3v) is 5.49. The Balaban J connectivity index is 0.000000242. The van der Waals surface area contributed by atoms with Crippen molar-refractivity contribution in [2.45, 2.75) is 59.3 Å². The molecule has 0 N–H and O–H groups in total. The Morgan fingerprint density at radius 3 is 2.46 bits per heavy atom. The molecule has 1 aliphatic carbocycles. The summed E-state index contributed by atoms with van der Waals surface area (Å²) in [7, 11) is 0. The first-order valence-electron chi connectivity index (χ1n) is 10.7. The summed E-state index contributed by atoms with van der Waals surface area (Å²) in [6.45, 7) is 10.5. The van der Waals surface area contributed by atoms with Gasteiger partial charge in [-0.3, -0.25) is 0 Å². The Morgan fingerprint density at radius 1 is 1.04 bits per heavy atom. The lowest BCUT2D eigenvalue weighted by Crippen LogP contribution is -2.03. The van der Waals surface area contributed by atoms with Crippen LogP contribution >= 0.6 is 0 Å². The summed E-state index contributed by atoms with van der Waals surface area (Å²) >= 11 is 0. The van der Waals surface area contributed by atoms with Gasteiger partial charge in [0.1, 0.15) is 0 Å². The second-order valence-corrected chi connectivity index (χ2v) is 7.47. The number of allylic oxidation sites excluding steroid dienone is 1. The van der Waals surface area contributed by atoms with E-state index in [1.165, 1.54) is 59.7 Å². The first-order chi connectivity index (χ1) is 13.7. The molecule has 0 aromatic heterocycles. The minimum absolute atomic E-state index is 0.613. The minimum atomic E-state index is 0.613. The Morgan fingerprint density at radius 2 is 1.82 bits per heavy atom. The molecule has 0 saturated carbocycles. The number of hydrogen-bond donors (Lipinski definition) is 0. The molecule has 2 aromatic rings. The third-order valence-electron chi connectivity index (χ3n) is 5.49. The number of benzene rings is 2. The number of nitriles is 1. The highest BCUT2D eigenvalue weighted by Gasteiger charge is 2.03. The van der Waals surface area contributed by atoms with E-state index in [4.69, 9.17) is 5.26 Å². The van der Waals surface area contributed by atoms with Gasteiger partial charge in [0.15, 0.2) is 0 Å². The predicted molar refractivity (Wildman–Crippen MR) is 121 cm³/mol. The van der Waals surface area contributed by atoms with Crippen LogP contribution in [0.3, 0.4) is 0 Å². The highest BCUT2D eigenvalue weighted by molar-refractivity contribution is 5.70. The zero-order chi connectivity index (χ0) is 20.4. The van der Waals surface area contributed by atoms with Crippen LogP contribution in [0.1, 0.15) is 64.9 Å². The highest BCUT2D eigenvalue weighted by atomic mass is 14.2. The van der Waals surface area contributed by atoms with Crippen molar-refractivity contribution in [2.24, 2.45) is 5.92 Å². The summed E-state index contributed by atoms with van der Waals surface area (Å²) in [6, 6.07) is 16.6. The maximum absolute atomic E-state index is 9.03. The molecule has 0 aliphatic heterocycles. The molecule has 1 nitrogen and oxygen atoms in total. The van der Waals surface area contributed by atoms with Crippen LogP contribution in [0.25, 0.3) is 11.6 Å². The van der Waals surface area contributed by atoms with E-state index in [-0.39, 0.29) is 0 Å². The number of nitrogens with zero attached hydrogens (tertiary/aromatic N) is 1. The fraction of sp³-hybridized carbons (Fsp3) is 0.370. The Kier molecular flexibility index (Phi) is 8.76. The molecule has 1 atom stereocenters. The number of unbranched alkanes of at least 4 members (excludes halogenated alkanes) is 1. The van der Waals surface area contributed by atoms with E-state index in [1.807, 2.05) is 18.2 Å². The molecule has 1 aliphatic rings. The van der Waals surface area contributed by atoms with E-state index in [2.05, 4.69) is 63.8 Å². The predicted octanol–water partition coefficient (Wildman–Crippen LogP) is 5.98. The molecule has 2 aromatic carbocycles. The zero-order valence-corrected chi connectivity index (χ0v) is 17.7. The molecule has 1 heteroatoms. The van der Waals surface area contributed by atoms with Crippen LogP contribution in [0.15, 0.2) is 55.1 Å². The Labute approximate surface area is 170 Å². The van der Waals surface area contributed by atoms with Gasteiger partial charge in [-0.2, -0.15) is 5.26 Å². The van der Waals surface area contributed by atoms with Gasteiger partial charge >= 0.3 is 0 Å². The molecular weight excluding hydrogens is 338 g/mol. The van der Waals surface area contributed by atoms with Crippen molar-refractivity contribution in [1.82, 2.24) is 0 Å². The van der Waals surface area contributed by atoms with E-state index < -0.39 is 0 Å². The molecular formula is C27H33N. The van der Waals surface area contributed by atoms with Gasteiger partial charge in [0.2, 0.25) is 0 Å². The maximum atomic E-state index is 9.03. The summed E-state index contributed by atoms with van der Waals surface area (Å²) in [5.74, 6) is 1.02. The van der Waals surface area contributed by atoms with Crippen molar-refractivity contribution in [3.63, 3.8) is 0 Å². The van der Waals surface area contributed by atoms with E-state index in [0.29, 0.717) is 5.57 Å². The fourth-order valence-corrected chi connectivity index (χ4v) is 3.81. The smallest absolute Gasteiger partial charge is 0.0997 e. The average Bonchev–Trinajstić information content (AvgIpc) is 3.10. The van der Waals surface area contributed by atoms with Crippen LogP contribution in [0.2, 0.25) is 0 Å². The fourth-order valence-electron chi connectivity index (χ4n) is 3.81. The summed E-state index contributed by atoms with van der Waals surface area (Å²) in [6.07, 6.45) is 12.2. The molecule has 146 valence electrons. The molecule has 0 saturated heterocycles. The van der Waals surface area contributed by atoms with Crippen LogP contribution in [-0.4, -0.2) is 0 Å². The van der Waals surface area contributed by atoms with Gasteiger partial charge in [-0.25, -0.2) is 0 Å². The zero-order valence-electron chi connectivity index (χ0n) is 17.7. The Bertz CT molecular complexity index is 1040. The van der Waals surface area contributed by atoms with E-state index in [1.54, 1.807) is 6.08 Å². The van der Waals surface area contributed by atoms with Gasteiger partial charge in [-0.05, 0) is 44.5 Å². The first-order valence-corrected chi connectivity index (χ1v) is 10.7. The van der Waals surface area contributed by atoms with Crippen LogP contribution in [0.5, 0.6) is 0 Å². The molecule has 0 radical (unpaired) electrons. The average molecular weight is 372 g/mol. The lowest BCUT2D eigenvalue weighted by atomic mass is 9.95. The highest BCUT2D eigenvalue weighted by Crippen LogP contribution is 2.17. The summed E-state index contributed by atoms with van der Waals surface area (Å²) in [5, 5.41) is 13.7. The second kappa shape index (κ2) is 11.3. The summed E-state index contributed by atoms with van der Waals surface area (Å²) in [4.78, 5) is 0. The SMILES string of the molecule is C=C/C(C#N)=c1/ccc2c(c1)C=c1ccccc1=2.CCCCC(CC)CCC. The summed E-state index contributed by atoms with van der Waals surface area (Å²) in [5.41, 5.74) is 1.78. The second-order valence-electron chi connectivity index (χ2n) is 7.47. The van der Waals surface area contributed by atoms with Gasteiger partial charge in [-0.1, -0.05) is 108 Å². The standard InChI is InChI=1S/C17H11N.C10H22/c1-2-12(11-18)13-7-8-17-15(9-13)10-14-5-3-4-6-16(14)17;1-4-7-9-10(6-3)8-5-2/h2-10H,1H2;10H,4-9H2,1-3H3/b13-12+;. The van der Waals surface area contributed by atoms with Crippen LogP contribution in [-0.2, 0) is 0 Å². The number of fused-ring (bicyclic) bond motifs is 2. The molecule has 1 unspecified atom stereocenters. The lowest BCUT2D eigenvalue weighted by Gasteiger charge is -2.11. The number of hydrogen-bond acceptors (Lipinski definition) is 1. The van der Waals surface area contributed by atoms with E-state index >= 15 is 0 Å². The van der Waals surface area contributed by atoms with Gasteiger partial charge in [0.25, 0.3) is 0 Å². The Hall–Kier alpha value is -2.59. The van der Waals surface area contributed by atoms with Crippen LogP contribution in [0.4, 0.5) is 0 Å². The van der Waals surface area contributed by atoms with Gasteiger partial charge < -0.3 is 0 Å². The first kappa shape index (κ1) is 21.7. The molecule has 0 bridgehead atoms. The summed E-state index contributed by atoms with van der Waals surface area (Å²) < 4.78 is 0. The van der Waals surface area contributed by atoms with Crippen molar-refractivity contribution in [2.75, 3.05) is 0 Å². The molecule has 0 amide bonds. The normalized spacial score (nSPS) is 13.1. The van der Waals surface area contributed by atoms with E-state index in [0.717, 1.165) is 11.1 Å². The van der Waals surface area contributed by atoms with Crippen LogP contribution < -0.4 is 10.4 Å². The van der Waals surface area contributed by atoms with Gasteiger partial charge in [-0.15, -0.1) is 0 Å². The van der Waals surface area contributed by atoms with Crippen LogP contribution in [0, 0.1) is 27.7 Å². The third kappa shape index (κ3) is 5.46. The molecule has 0 heterocycles. The molecule has 0 fully saturated rings. The van der Waals surface area contributed by atoms with Crippen molar-refractivity contribution >= 4 is 11.6 Å². The van der Waals surface area contributed by atoms with Gasteiger partial charge in [0.05, 0.1) is 11.6 Å². The minimum Gasteiger partial charge on any atom is -0.192 e. The maximum Gasteiger partial charge on any atom is 0.0997 e. The lowest BCUT2D eigenvalue weighted by molar-refractivity contribution is 0.417. The monoisotopic (exact) mass is 371 g/mol.